The molecule has 2 N–H and O–H groups in total. The molecule has 1 aromatic carbocycles. The summed E-state index contributed by atoms with van der Waals surface area (Å²) in [6, 6.07) is 11.4. The van der Waals surface area contributed by atoms with Crippen molar-refractivity contribution in [2.75, 3.05) is 31.2 Å². The predicted molar refractivity (Wildman–Crippen MR) is 112 cm³/mol. The van der Waals surface area contributed by atoms with Crippen molar-refractivity contribution in [2.45, 2.75) is 64.3 Å². The molecule has 0 unspecified atom stereocenters. The van der Waals surface area contributed by atoms with Gasteiger partial charge in [-0.05, 0) is 52.7 Å². The second kappa shape index (κ2) is 9.14. The minimum Gasteiger partial charge on any atom is -0.444 e. The molecular weight excluding hydrogens is 354 g/mol. The van der Waals surface area contributed by atoms with Crippen molar-refractivity contribution in [1.29, 1.82) is 0 Å². The van der Waals surface area contributed by atoms with E-state index in [1.54, 1.807) is 0 Å². The summed E-state index contributed by atoms with van der Waals surface area (Å²) >= 11 is 0. The molecule has 2 saturated heterocycles. The lowest BCUT2D eigenvalue weighted by atomic mass is 9.89. The highest BCUT2D eigenvalue weighted by Crippen LogP contribution is 2.24. The molecule has 0 aromatic heterocycles. The lowest BCUT2D eigenvalue weighted by Gasteiger charge is -2.38. The Hall–Kier alpha value is -1.79. The maximum atomic E-state index is 12.2. The Kier molecular flexibility index (Phi) is 6.83. The van der Waals surface area contributed by atoms with Crippen LogP contribution in [0.15, 0.2) is 30.3 Å². The molecule has 28 heavy (non-hydrogen) atoms. The quantitative estimate of drug-likeness (QED) is 0.810. The monoisotopic (exact) mass is 389 g/mol. The van der Waals surface area contributed by atoms with Gasteiger partial charge in [-0.15, -0.1) is 0 Å². The third-order valence-corrected chi connectivity index (χ3v) is 5.55. The summed E-state index contributed by atoms with van der Waals surface area (Å²) in [6.45, 7) is 11.2. The Morgan fingerprint density at radius 2 is 2.00 bits per heavy atom. The predicted octanol–water partition coefficient (Wildman–Crippen LogP) is 3.17. The third-order valence-electron chi connectivity index (χ3n) is 5.55. The Bertz CT molecular complexity index is 632. The molecule has 1 aromatic rings. The first kappa shape index (κ1) is 20.9. The van der Waals surface area contributed by atoms with Gasteiger partial charge in [-0.1, -0.05) is 18.2 Å². The summed E-state index contributed by atoms with van der Waals surface area (Å²) in [6.07, 6.45) is 1.74. The molecule has 2 fully saturated rings. The summed E-state index contributed by atoms with van der Waals surface area (Å²) in [5.41, 5.74) is 0.796. The number of nitrogens with one attached hydrogen (secondary N) is 2. The molecule has 0 aliphatic carbocycles. The van der Waals surface area contributed by atoms with Crippen LogP contribution in [-0.4, -0.2) is 56.1 Å². The molecule has 1 amide bonds. The van der Waals surface area contributed by atoms with Gasteiger partial charge in [0.05, 0.1) is 6.61 Å². The Labute approximate surface area is 169 Å². The van der Waals surface area contributed by atoms with E-state index in [2.05, 4.69) is 45.9 Å². The molecule has 6 nitrogen and oxygen atoms in total. The average Bonchev–Trinajstić information content (AvgIpc) is 3.10. The smallest absolute Gasteiger partial charge is 0.407 e. The van der Waals surface area contributed by atoms with Crippen LogP contribution in [-0.2, 0) is 9.47 Å². The van der Waals surface area contributed by atoms with Crippen LogP contribution >= 0.6 is 0 Å². The van der Waals surface area contributed by atoms with Gasteiger partial charge in [0.2, 0.25) is 0 Å². The average molecular weight is 390 g/mol. The molecule has 156 valence electrons. The molecule has 6 heteroatoms. The van der Waals surface area contributed by atoms with Crippen molar-refractivity contribution in [3.05, 3.63) is 30.3 Å². The van der Waals surface area contributed by atoms with Gasteiger partial charge >= 0.3 is 6.09 Å². The molecule has 0 saturated carbocycles. The molecule has 4 atom stereocenters. The molecule has 0 spiro atoms. The minimum absolute atomic E-state index is 0.0146. The van der Waals surface area contributed by atoms with E-state index < -0.39 is 5.60 Å². The number of carbonyl (C=O) groups excluding carboxylic acids is 1. The molecule has 0 radical (unpaired) electrons. The SMILES string of the molecule is C[C@H](NC(=O)OC(C)(C)C)[C@@H]1COCC[C@H]1N[C@@H]1CCN(c2ccccc2)C1. The second-order valence-electron chi connectivity index (χ2n) is 9.00. The van der Waals surface area contributed by atoms with Gasteiger partial charge in [-0.3, -0.25) is 0 Å². The van der Waals surface area contributed by atoms with E-state index in [1.807, 2.05) is 27.7 Å². The summed E-state index contributed by atoms with van der Waals surface area (Å²) in [4.78, 5) is 14.6. The van der Waals surface area contributed by atoms with E-state index in [1.165, 1.54) is 5.69 Å². The van der Waals surface area contributed by atoms with Crippen LogP contribution in [0.3, 0.4) is 0 Å². The third kappa shape index (κ3) is 5.85. The van der Waals surface area contributed by atoms with Gasteiger partial charge in [0.25, 0.3) is 0 Å². The van der Waals surface area contributed by atoms with Gasteiger partial charge in [0.15, 0.2) is 0 Å². The number of rotatable bonds is 5. The summed E-state index contributed by atoms with van der Waals surface area (Å²) in [7, 11) is 0. The molecular formula is C22H35N3O3. The normalized spacial score (nSPS) is 26.7. The number of alkyl carbamates (subject to hydrolysis) is 1. The molecule has 2 aliphatic heterocycles. The largest absolute Gasteiger partial charge is 0.444 e. The highest BCUT2D eigenvalue weighted by Gasteiger charge is 2.34. The highest BCUT2D eigenvalue weighted by atomic mass is 16.6. The first-order chi connectivity index (χ1) is 13.3. The van der Waals surface area contributed by atoms with Crippen LogP contribution < -0.4 is 15.5 Å². The fourth-order valence-corrected chi connectivity index (χ4v) is 4.13. The van der Waals surface area contributed by atoms with E-state index in [0.29, 0.717) is 18.7 Å². The van der Waals surface area contributed by atoms with Crippen molar-refractivity contribution >= 4 is 11.8 Å². The van der Waals surface area contributed by atoms with Crippen molar-refractivity contribution in [3.63, 3.8) is 0 Å². The number of anilines is 1. The van der Waals surface area contributed by atoms with Crippen LogP contribution in [0.2, 0.25) is 0 Å². The number of carbonyl (C=O) groups is 1. The Morgan fingerprint density at radius 3 is 2.71 bits per heavy atom. The summed E-state index contributed by atoms with van der Waals surface area (Å²) in [5.74, 6) is 0.229. The Balaban J connectivity index is 1.54. The lowest BCUT2D eigenvalue weighted by Crippen LogP contribution is -2.55. The van der Waals surface area contributed by atoms with Gasteiger partial charge < -0.3 is 25.0 Å². The van der Waals surface area contributed by atoms with Crippen LogP contribution in [0.5, 0.6) is 0 Å². The van der Waals surface area contributed by atoms with E-state index >= 15 is 0 Å². The minimum atomic E-state index is -0.491. The van der Waals surface area contributed by atoms with E-state index in [9.17, 15) is 4.79 Å². The number of benzene rings is 1. The fraction of sp³-hybridized carbons (Fsp3) is 0.682. The van der Waals surface area contributed by atoms with Gasteiger partial charge in [0.1, 0.15) is 5.60 Å². The zero-order valence-corrected chi connectivity index (χ0v) is 17.6. The molecule has 2 aliphatic rings. The van der Waals surface area contributed by atoms with E-state index in [-0.39, 0.29) is 18.1 Å². The number of amides is 1. The molecule has 0 bridgehead atoms. The first-order valence-corrected chi connectivity index (χ1v) is 10.4. The van der Waals surface area contributed by atoms with Crippen molar-refractivity contribution in [3.8, 4) is 0 Å². The van der Waals surface area contributed by atoms with Crippen molar-refractivity contribution in [2.24, 2.45) is 5.92 Å². The summed E-state index contributed by atoms with van der Waals surface area (Å²) in [5, 5.41) is 6.86. The zero-order chi connectivity index (χ0) is 20.1. The van der Waals surface area contributed by atoms with Crippen molar-refractivity contribution in [1.82, 2.24) is 10.6 Å². The number of nitrogens with zero attached hydrogens (tertiary/aromatic N) is 1. The van der Waals surface area contributed by atoms with E-state index in [0.717, 1.165) is 32.5 Å². The van der Waals surface area contributed by atoms with Gasteiger partial charge in [-0.2, -0.15) is 0 Å². The fourth-order valence-electron chi connectivity index (χ4n) is 4.13. The highest BCUT2D eigenvalue weighted by molar-refractivity contribution is 5.68. The zero-order valence-electron chi connectivity index (χ0n) is 17.6. The second-order valence-corrected chi connectivity index (χ2v) is 9.00. The first-order valence-electron chi connectivity index (χ1n) is 10.4. The standard InChI is InChI=1S/C22H35N3O3/c1-16(23-21(26)28-22(2,3)4)19-15-27-13-11-20(19)24-17-10-12-25(14-17)18-8-6-5-7-9-18/h5-9,16-17,19-20,24H,10-15H2,1-4H3,(H,23,26)/t16-,17+,19-,20+/m0/s1. The van der Waals surface area contributed by atoms with Gasteiger partial charge in [-0.25, -0.2) is 4.79 Å². The lowest BCUT2D eigenvalue weighted by molar-refractivity contribution is 0.0106. The number of ether oxygens (including phenoxy) is 2. The topological polar surface area (TPSA) is 62.8 Å². The number of hydrogen-bond donors (Lipinski definition) is 2. The molecule has 2 heterocycles. The van der Waals surface area contributed by atoms with Crippen LogP contribution in [0, 0.1) is 5.92 Å². The van der Waals surface area contributed by atoms with Crippen LogP contribution in [0.25, 0.3) is 0 Å². The number of para-hydroxylation sites is 1. The van der Waals surface area contributed by atoms with Crippen molar-refractivity contribution < 1.29 is 14.3 Å². The maximum Gasteiger partial charge on any atom is 0.407 e. The summed E-state index contributed by atoms with van der Waals surface area (Å²) < 4.78 is 11.1. The Morgan fingerprint density at radius 1 is 1.25 bits per heavy atom. The molecule has 3 rings (SSSR count). The maximum absolute atomic E-state index is 12.2. The number of hydrogen-bond acceptors (Lipinski definition) is 5. The van der Waals surface area contributed by atoms with Crippen LogP contribution in [0.1, 0.15) is 40.5 Å². The van der Waals surface area contributed by atoms with Gasteiger partial charge in [0, 0.05) is 49.4 Å². The van der Waals surface area contributed by atoms with E-state index in [4.69, 9.17) is 9.47 Å². The van der Waals surface area contributed by atoms with Crippen LogP contribution in [0.4, 0.5) is 10.5 Å².